The molecular formula is C16H24N4O5. The van der Waals surface area contributed by atoms with Gasteiger partial charge in [0, 0.05) is 47.6 Å². The molecule has 0 atom stereocenters. The molecule has 2 rings (SSSR count). The Labute approximate surface area is 145 Å². The van der Waals surface area contributed by atoms with E-state index in [2.05, 4.69) is 9.97 Å². The highest BCUT2D eigenvalue weighted by molar-refractivity contribution is 5.65. The molecule has 2 aromatic heterocycles. The monoisotopic (exact) mass is 352 g/mol. The molecule has 0 spiro atoms. The van der Waals surface area contributed by atoms with Crippen LogP contribution in [0.3, 0.4) is 0 Å². The first kappa shape index (κ1) is 24.1. The molecule has 0 aromatic carbocycles. The van der Waals surface area contributed by atoms with E-state index in [0.717, 1.165) is 11.4 Å². The zero-order chi connectivity index (χ0) is 18.2. The minimum atomic E-state index is -1.14. The van der Waals surface area contributed by atoms with Crippen molar-refractivity contribution in [1.29, 1.82) is 0 Å². The molecule has 0 fully saturated rings. The summed E-state index contributed by atoms with van der Waals surface area (Å²) in [5, 5.41) is 19.5. The van der Waals surface area contributed by atoms with E-state index in [-0.39, 0.29) is 18.3 Å². The quantitative estimate of drug-likeness (QED) is 0.553. The topological polar surface area (TPSA) is 192 Å². The summed E-state index contributed by atoms with van der Waals surface area (Å²) in [4.78, 5) is 25.2. The summed E-state index contributed by atoms with van der Waals surface area (Å²) in [6.07, 6.45) is 7.68. The highest BCUT2D eigenvalue weighted by atomic mass is 16.4. The number of nitrogen functional groups attached to an aromatic ring is 2. The van der Waals surface area contributed by atoms with Crippen molar-refractivity contribution in [3.8, 4) is 0 Å². The van der Waals surface area contributed by atoms with E-state index in [4.69, 9.17) is 11.5 Å². The van der Waals surface area contributed by atoms with Crippen LogP contribution < -0.4 is 31.6 Å². The Balaban J connectivity index is 0. The van der Waals surface area contributed by atoms with Gasteiger partial charge in [-0.1, -0.05) is 0 Å². The summed E-state index contributed by atoms with van der Waals surface area (Å²) in [6, 6.07) is 7.22. The standard InChI is InChI=1S/C6H10O4.2C5H6N2.H2O/c7-5(8)3-1-2-4-6(9)10;2*6-5-1-3-7-4-2-5;/h1-4H2,(H,7,8)(H,9,10);2*1-4H,(H2,6,7);1H2. The number of carboxylic acids is 2. The molecular weight excluding hydrogens is 328 g/mol. The SMILES string of the molecule is Nc1cc[nH+]cc1.Nc1cc[nH+]cc1.O.O=C([O-])CCCCC(=O)[O-]. The zero-order valence-corrected chi connectivity index (χ0v) is 13.7. The van der Waals surface area contributed by atoms with Crippen LogP contribution in [0.1, 0.15) is 25.7 Å². The number of pyridine rings is 2. The summed E-state index contributed by atoms with van der Waals surface area (Å²) in [6.45, 7) is 0. The first-order valence-corrected chi connectivity index (χ1v) is 7.24. The van der Waals surface area contributed by atoms with Crippen molar-refractivity contribution >= 4 is 23.3 Å². The van der Waals surface area contributed by atoms with Gasteiger partial charge < -0.3 is 36.7 Å². The number of aliphatic carboxylic acids is 2. The maximum atomic E-state index is 9.77. The van der Waals surface area contributed by atoms with Crippen molar-refractivity contribution in [1.82, 2.24) is 0 Å². The van der Waals surface area contributed by atoms with Gasteiger partial charge in [0.1, 0.15) is 0 Å². The number of nitrogens with one attached hydrogen (secondary N) is 2. The van der Waals surface area contributed by atoms with Crippen LogP contribution >= 0.6 is 0 Å². The molecule has 0 amide bonds. The first-order chi connectivity index (χ1) is 11.4. The average molecular weight is 352 g/mol. The van der Waals surface area contributed by atoms with Crippen LogP contribution in [0.2, 0.25) is 0 Å². The fourth-order valence-electron chi connectivity index (χ4n) is 1.34. The Morgan fingerprint density at radius 3 is 1.20 bits per heavy atom. The number of H-pyrrole nitrogens is 2. The molecule has 0 aliphatic rings. The second kappa shape index (κ2) is 15.7. The van der Waals surface area contributed by atoms with Gasteiger partial charge in [-0.25, -0.2) is 9.97 Å². The van der Waals surface area contributed by atoms with Crippen molar-refractivity contribution in [2.24, 2.45) is 0 Å². The smallest absolute Gasteiger partial charge is 0.169 e. The molecule has 138 valence electrons. The summed E-state index contributed by atoms with van der Waals surface area (Å²) in [7, 11) is 0. The molecule has 0 saturated heterocycles. The molecule has 0 radical (unpaired) electrons. The number of aromatic amines is 2. The van der Waals surface area contributed by atoms with E-state index in [1.165, 1.54) is 0 Å². The number of unbranched alkanes of at least 4 members (excludes halogenated alkanes) is 1. The third-order valence-electron chi connectivity index (χ3n) is 2.50. The van der Waals surface area contributed by atoms with Crippen LogP contribution in [0, 0.1) is 0 Å². The Bertz CT molecular complexity index is 528. The average Bonchev–Trinajstić information content (AvgIpc) is 2.54. The number of carbonyl (C=O) groups excluding carboxylic acids is 2. The third-order valence-corrected chi connectivity index (χ3v) is 2.50. The van der Waals surface area contributed by atoms with Crippen molar-refractivity contribution < 1.29 is 35.2 Å². The van der Waals surface area contributed by atoms with Crippen LogP contribution in [0.5, 0.6) is 0 Å². The summed E-state index contributed by atoms with van der Waals surface area (Å²) in [5.41, 5.74) is 12.3. The van der Waals surface area contributed by atoms with Gasteiger partial charge >= 0.3 is 0 Å². The fourth-order valence-corrected chi connectivity index (χ4v) is 1.34. The van der Waals surface area contributed by atoms with Crippen LogP contribution in [0.4, 0.5) is 11.4 Å². The van der Waals surface area contributed by atoms with Gasteiger partial charge in [0.25, 0.3) is 0 Å². The third kappa shape index (κ3) is 18.8. The molecule has 0 bridgehead atoms. The van der Waals surface area contributed by atoms with Gasteiger partial charge in [0.2, 0.25) is 0 Å². The molecule has 8 N–H and O–H groups in total. The number of nitrogens with two attached hydrogens (primary N) is 2. The minimum absolute atomic E-state index is 0. The summed E-state index contributed by atoms with van der Waals surface area (Å²) >= 11 is 0. The molecule has 0 aliphatic heterocycles. The van der Waals surface area contributed by atoms with Gasteiger partial charge in [0.05, 0.1) is 0 Å². The molecule has 2 heterocycles. The van der Waals surface area contributed by atoms with Crippen molar-refractivity contribution in [3.63, 3.8) is 0 Å². The molecule has 9 nitrogen and oxygen atoms in total. The normalized spacial score (nSPS) is 8.48. The Morgan fingerprint density at radius 1 is 0.760 bits per heavy atom. The molecule has 25 heavy (non-hydrogen) atoms. The number of anilines is 2. The van der Waals surface area contributed by atoms with E-state index < -0.39 is 11.9 Å². The number of hydrogen-bond donors (Lipinski definition) is 2. The van der Waals surface area contributed by atoms with E-state index in [1.807, 2.05) is 0 Å². The molecule has 9 heteroatoms. The number of hydrogen-bond acceptors (Lipinski definition) is 6. The van der Waals surface area contributed by atoms with E-state index in [0.29, 0.717) is 12.8 Å². The highest BCUT2D eigenvalue weighted by Crippen LogP contribution is 1.97. The number of rotatable bonds is 5. The number of aromatic nitrogens is 2. The Kier molecular flexibility index (Phi) is 15.1. The van der Waals surface area contributed by atoms with E-state index >= 15 is 0 Å². The first-order valence-electron chi connectivity index (χ1n) is 7.24. The van der Waals surface area contributed by atoms with Gasteiger partial charge in [-0.3, -0.25) is 0 Å². The maximum Gasteiger partial charge on any atom is 0.169 e. The van der Waals surface area contributed by atoms with Crippen molar-refractivity contribution in [3.05, 3.63) is 49.1 Å². The Morgan fingerprint density at radius 2 is 1.04 bits per heavy atom. The molecule has 0 unspecified atom stereocenters. The van der Waals surface area contributed by atoms with E-state index in [9.17, 15) is 19.8 Å². The van der Waals surface area contributed by atoms with Gasteiger partial charge in [0.15, 0.2) is 24.8 Å². The number of carbonyl (C=O) groups is 2. The molecule has 0 saturated carbocycles. The van der Waals surface area contributed by atoms with Crippen LogP contribution in [-0.2, 0) is 9.59 Å². The predicted molar refractivity (Wildman–Crippen MR) is 86.9 cm³/mol. The summed E-state index contributed by atoms with van der Waals surface area (Å²) < 4.78 is 0. The maximum absolute atomic E-state index is 9.77. The lowest BCUT2D eigenvalue weighted by atomic mass is 10.2. The highest BCUT2D eigenvalue weighted by Gasteiger charge is 1.89. The lowest BCUT2D eigenvalue weighted by molar-refractivity contribution is -0.378. The summed E-state index contributed by atoms with van der Waals surface area (Å²) in [5.74, 6) is -2.28. The van der Waals surface area contributed by atoms with Gasteiger partial charge in [-0.15, -0.1) is 0 Å². The second-order valence-corrected chi connectivity index (χ2v) is 4.62. The lowest BCUT2D eigenvalue weighted by Gasteiger charge is -2.01. The fraction of sp³-hybridized carbons (Fsp3) is 0.250. The van der Waals surface area contributed by atoms with Gasteiger partial charge in [-0.2, -0.15) is 0 Å². The molecule has 0 aliphatic carbocycles. The van der Waals surface area contributed by atoms with Gasteiger partial charge in [-0.05, 0) is 25.7 Å². The number of carboxylic acid groups (broad SMARTS) is 2. The predicted octanol–water partition coefficient (Wildman–Crippen LogP) is -2.61. The van der Waals surface area contributed by atoms with Crippen LogP contribution in [0.25, 0.3) is 0 Å². The second-order valence-electron chi connectivity index (χ2n) is 4.62. The Hall–Kier alpha value is -3.20. The lowest BCUT2D eigenvalue weighted by Crippen LogP contribution is -2.23. The molecule has 2 aromatic rings. The van der Waals surface area contributed by atoms with Crippen LogP contribution in [-0.4, -0.2) is 17.4 Å². The zero-order valence-electron chi connectivity index (χ0n) is 13.7. The van der Waals surface area contributed by atoms with Crippen molar-refractivity contribution in [2.75, 3.05) is 11.5 Å². The van der Waals surface area contributed by atoms with Crippen LogP contribution in [0.15, 0.2) is 49.1 Å². The largest absolute Gasteiger partial charge is 0.550 e. The van der Waals surface area contributed by atoms with E-state index in [1.54, 1.807) is 49.1 Å². The minimum Gasteiger partial charge on any atom is -0.550 e. The van der Waals surface area contributed by atoms with Crippen molar-refractivity contribution in [2.45, 2.75) is 25.7 Å².